The molecule has 2 aromatic rings. The Morgan fingerprint density at radius 3 is 2.70 bits per heavy atom. The van der Waals surface area contributed by atoms with Crippen molar-refractivity contribution in [3.05, 3.63) is 65.5 Å². The highest BCUT2D eigenvalue weighted by Gasteiger charge is 2.36. The van der Waals surface area contributed by atoms with Crippen LogP contribution in [0.4, 0.5) is 0 Å². The van der Waals surface area contributed by atoms with E-state index in [9.17, 15) is 5.11 Å². The first-order chi connectivity index (χ1) is 11.2. The molecule has 0 aliphatic carbocycles. The van der Waals surface area contributed by atoms with Gasteiger partial charge in [-0.2, -0.15) is 0 Å². The highest BCUT2D eigenvalue weighted by molar-refractivity contribution is 5.18. The van der Waals surface area contributed by atoms with E-state index in [1.165, 1.54) is 11.1 Å². The first-order valence-corrected chi connectivity index (χ1v) is 8.12. The molecule has 0 spiro atoms. The van der Waals surface area contributed by atoms with E-state index in [1.54, 1.807) is 0 Å². The van der Waals surface area contributed by atoms with Crippen LogP contribution in [-0.4, -0.2) is 46.9 Å². The lowest BCUT2D eigenvalue weighted by Gasteiger charge is -2.42. The molecule has 4 heteroatoms. The Morgan fingerprint density at radius 2 is 2.00 bits per heavy atom. The van der Waals surface area contributed by atoms with Crippen molar-refractivity contribution in [1.29, 1.82) is 0 Å². The first kappa shape index (κ1) is 16.1. The third-order valence-corrected chi connectivity index (χ3v) is 4.36. The van der Waals surface area contributed by atoms with Crippen molar-refractivity contribution in [3.63, 3.8) is 0 Å². The number of nitrogens with zero attached hydrogens (tertiary/aromatic N) is 2. The summed E-state index contributed by atoms with van der Waals surface area (Å²) in [6.45, 7) is 5.12. The fourth-order valence-corrected chi connectivity index (χ4v) is 3.13. The number of hydrogen-bond acceptors (Lipinski definition) is 4. The molecule has 1 aliphatic heterocycles. The molecule has 3 rings (SSSR count). The van der Waals surface area contributed by atoms with Crippen LogP contribution in [-0.2, 0) is 17.7 Å². The van der Waals surface area contributed by atoms with Gasteiger partial charge in [-0.25, -0.2) is 0 Å². The van der Waals surface area contributed by atoms with Crippen molar-refractivity contribution in [3.8, 4) is 0 Å². The van der Waals surface area contributed by atoms with Crippen LogP contribution in [0.25, 0.3) is 0 Å². The largest absolute Gasteiger partial charge is 0.393 e. The Hall–Kier alpha value is -1.75. The van der Waals surface area contributed by atoms with Gasteiger partial charge in [0.2, 0.25) is 0 Å². The monoisotopic (exact) mass is 312 g/mol. The molecule has 4 nitrogen and oxygen atoms in total. The molecule has 1 N–H and O–H groups in total. The van der Waals surface area contributed by atoms with Gasteiger partial charge in [0.05, 0.1) is 13.2 Å². The molecule has 23 heavy (non-hydrogen) atoms. The maximum atomic E-state index is 9.96. The van der Waals surface area contributed by atoms with Crippen molar-refractivity contribution < 1.29 is 9.84 Å². The Kier molecular flexibility index (Phi) is 5.06. The molecule has 0 radical (unpaired) electrons. The second-order valence-corrected chi connectivity index (χ2v) is 6.37. The van der Waals surface area contributed by atoms with E-state index in [0.717, 1.165) is 31.7 Å². The lowest BCUT2D eigenvalue weighted by atomic mass is 9.93. The summed E-state index contributed by atoms with van der Waals surface area (Å²) in [7, 11) is 0. The fraction of sp³-hybridized carbons (Fsp3) is 0.421. The minimum Gasteiger partial charge on any atom is -0.393 e. The Labute approximate surface area is 137 Å². The Morgan fingerprint density at radius 1 is 1.17 bits per heavy atom. The van der Waals surface area contributed by atoms with Crippen LogP contribution in [0.15, 0.2) is 48.7 Å². The second-order valence-electron chi connectivity index (χ2n) is 6.37. The van der Waals surface area contributed by atoms with Crippen molar-refractivity contribution in [2.75, 3.05) is 26.3 Å². The van der Waals surface area contributed by atoms with E-state index in [4.69, 9.17) is 4.74 Å². The molecule has 122 valence electrons. The highest BCUT2D eigenvalue weighted by atomic mass is 16.5. The number of aliphatic hydroxyl groups is 1. The van der Waals surface area contributed by atoms with Gasteiger partial charge in [-0.15, -0.1) is 0 Å². The fourth-order valence-electron chi connectivity index (χ4n) is 3.13. The van der Waals surface area contributed by atoms with Crippen LogP contribution in [0.2, 0.25) is 0 Å². The summed E-state index contributed by atoms with van der Waals surface area (Å²) in [6, 6.07) is 14.4. The van der Waals surface area contributed by atoms with Crippen LogP contribution in [0.1, 0.15) is 16.8 Å². The first-order valence-electron chi connectivity index (χ1n) is 8.12. The third-order valence-electron chi connectivity index (χ3n) is 4.36. The quantitative estimate of drug-likeness (QED) is 0.919. The van der Waals surface area contributed by atoms with E-state index in [1.807, 2.05) is 37.4 Å². The lowest BCUT2D eigenvalue weighted by molar-refractivity contribution is -0.134. The molecule has 1 aromatic heterocycles. The van der Waals surface area contributed by atoms with Crippen LogP contribution in [0.5, 0.6) is 0 Å². The SMILES string of the molecule is Cc1ccc(CN2CCOC(CO)(Cc3ccccc3)C2)cn1. The van der Waals surface area contributed by atoms with Crippen molar-refractivity contribution in [1.82, 2.24) is 9.88 Å². The highest BCUT2D eigenvalue weighted by Crippen LogP contribution is 2.24. The van der Waals surface area contributed by atoms with E-state index in [0.29, 0.717) is 6.61 Å². The van der Waals surface area contributed by atoms with Gasteiger partial charge < -0.3 is 9.84 Å². The molecular formula is C19H24N2O2. The Balaban J connectivity index is 1.68. The predicted octanol–water partition coefficient (Wildman–Crippen LogP) is 2.20. The number of rotatable bonds is 5. The van der Waals surface area contributed by atoms with Crippen LogP contribution < -0.4 is 0 Å². The average Bonchev–Trinajstić information content (AvgIpc) is 2.58. The summed E-state index contributed by atoms with van der Waals surface area (Å²) in [6.07, 6.45) is 2.66. The van der Waals surface area contributed by atoms with Gasteiger partial charge in [0, 0.05) is 37.9 Å². The number of ether oxygens (including phenoxy) is 1. The Bertz CT molecular complexity index is 615. The molecule has 1 aromatic carbocycles. The normalized spacial score (nSPS) is 22.2. The summed E-state index contributed by atoms with van der Waals surface area (Å²) in [4.78, 5) is 6.70. The minimum absolute atomic E-state index is 0.0323. The van der Waals surface area contributed by atoms with Gasteiger partial charge in [0.25, 0.3) is 0 Å². The molecular weight excluding hydrogens is 288 g/mol. The maximum absolute atomic E-state index is 9.96. The van der Waals surface area contributed by atoms with Crippen LogP contribution >= 0.6 is 0 Å². The van der Waals surface area contributed by atoms with Gasteiger partial charge in [-0.3, -0.25) is 9.88 Å². The molecule has 0 bridgehead atoms. The van der Waals surface area contributed by atoms with Crippen LogP contribution in [0, 0.1) is 6.92 Å². The molecule has 1 aliphatic rings. The van der Waals surface area contributed by atoms with Crippen molar-refractivity contribution >= 4 is 0 Å². The van der Waals surface area contributed by atoms with Crippen molar-refractivity contribution in [2.45, 2.75) is 25.5 Å². The third kappa shape index (κ3) is 4.16. The summed E-state index contributed by atoms with van der Waals surface area (Å²) >= 11 is 0. The van der Waals surface area contributed by atoms with E-state index in [-0.39, 0.29) is 6.61 Å². The second kappa shape index (κ2) is 7.21. The zero-order valence-corrected chi connectivity index (χ0v) is 13.6. The number of pyridine rings is 1. The molecule has 2 heterocycles. The predicted molar refractivity (Wildman–Crippen MR) is 90.2 cm³/mol. The molecule has 1 unspecified atom stereocenters. The van der Waals surface area contributed by atoms with Gasteiger partial charge in [0.15, 0.2) is 0 Å². The van der Waals surface area contributed by atoms with Gasteiger partial charge in [-0.05, 0) is 24.1 Å². The number of hydrogen-bond donors (Lipinski definition) is 1. The molecule has 1 fully saturated rings. The zero-order chi connectivity index (χ0) is 16.1. The van der Waals surface area contributed by atoms with E-state index < -0.39 is 5.60 Å². The molecule has 1 saturated heterocycles. The number of morpholine rings is 1. The summed E-state index contributed by atoms with van der Waals surface area (Å²) < 4.78 is 6.00. The van der Waals surface area contributed by atoms with Gasteiger partial charge in [0.1, 0.15) is 5.60 Å². The van der Waals surface area contributed by atoms with E-state index >= 15 is 0 Å². The minimum atomic E-state index is -0.516. The molecule has 0 amide bonds. The van der Waals surface area contributed by atoms with E-state index in [2.05, 4.69) is 28.1 Å². The van der Waals surface area contributed by atoms with Gasteiger partial charge >= 0.3 is 0 Å². The maximum Gasteiger partial charge on any atom is 0.108 e. The molecule has 0 saturated carbocycles. The average molecular weight is 312 g/mol. The number of aryl methyl sites for hydroxylation is 1. The summed E-state index contributed by atoms with van der Waals surface area (Å²) in [5.74, 6) is 0. The number of aromatic nitrogens is 1. The standard InChI is InChI=1S/C19H24N2O2/c1-16-7-8-18(12-20-16)13-21-9-10-23-19(14-21,15-22)11-17-5-3-2-4-6-17/h2-8,12,22H,9-11,13-15H2,1H3. The summed E-state index contributed by atoms with van der Waals surface area (Å²) in [5, 5.41) is 9.96. The summed E-state index contributed by atoms with van der Waals surface area (Å²) in [5.41, 5.74) is 2.91. The number of aliphatic hydroxyl groups excluding tert-OH is 1. The van der Waals surface area contributed by atoms with Crippen LogP contribution in [0.3, 0.4) is 0 Å². The smallest absolute Gasteiger partial charge is 0.108 e. The van der Waals surface area contributed by atoms with Gasteiger partial charge in [-0.1, -0.05) is 36.4 Å². The molecule has 1 atom stereocenters. The zero-order valence-electron chi connectivity index (χ0n) is 13.6. The topological polar surface area (TPSA) is 45.6 Å². The van der Waals surface area contributed by atoms with Crippen molar-refractivity contribution in [2.24, 2.45) is 0 Å². The lowest BCUT2D eigenvalue weighted by Crippen LogP contribution is -2.55. The number of benzene rings is 1.